The summed E-state index contributed by atoms with van der Waals surface area (Å²) in [6.45, 7) is 4.66. The van der Waals surface area contributed by atoms with Crippen molar-refractivity contribution >= 4 is 0 Å². The number of aryl methyl sites for hydroxylation is 2. The Labute approximate surface area is 129 Å². The van der Waals surface area contributed by atoms with Crippen LogP contribution < -0.4 is 0 Å². The lowest BCUT2D eigenvalue weighted by atomic mass is 10.1. The van der Waals surface area contributed by atoms with Gasteiger partial charge in [0.15, 0.2) is 0 Å². The fraction of sp³-hybridized carbons (Fsp3) is 0.294. The van der Waals surface area contributed by atoms with E-state index in [0.29, 0.717) is 18.9 Å². The topological polar surface area (TPSA) is 64.1 Å². The van der Waals surface area contributed by atoms with Gasteiger partial charge in [-0.05, 0) is 37.5 Å². The Morgan fingerprint density at radius 1 is 1.23 bits per heavy atom. The molecule has 0 aliphatic carbocycles. The molecule has 22 heavy (non-hydrogen) atoms. The van der Waals surface area contributed by atoms with Crippen LogP contribution in [-0.2, 0) is 13.0 Å². The quantitative estimate of drug-likeness (QED) is 0.786. The molecule has 2 heterocycles. The van der Waals surface area contributed by atoms with Crippen molar-refractivity contribution in [1.29, 1.82) is 0 Å². The second-order valence-electron chi connectivity index (χ2n) is 5.36. The van der Waals surface area contributed by atoms with Crippen LogP contribution in [0, 0.1) is 13.8 Å². The highest BCUT2D eigenvalue weighted by atomic mass is 16.4. The molecule has 0 spiro atoms. The van der Waals surface area contributed by atoms with Crippen LogP contribution in [0.15, 0.2) is 41.1 Å². The predicted octanol–water partition coefficient (Wildman–Crippen LogP) is 2.74. The van der Waals surface area contributed by atoms with E-state index in [1.54, 1.807) is 6.20 Å². The number of oxazole rings is 1. The average Bonchev–Trinajstić information content (AvgIpc) is 3.08. The van der Waals surface area contributed by atoms with Crippen LogP contribution >= 0.6 is 0 Å². The summed E-state index contributed by atoms with van der Waals surface area (Å²) in [5.74, 6) is 1.45. The monoisotopic (exact) mass is 297 g/mol. The van der Waals surface area contributed by atoms with Crippen LogP contribution in [0.1, 0.15) is 22.6 Å². The lowest BCUT2D eigenvalue weighted by molar-refractivity contribution is 0.299. The van der Waals surface area contributed by atoms with Gasteiger partial charge in [0.1, 0.15) is 11.5 Å². The number of aliphatic hydroxyl groups excluding tert-OH is 1. The van der Waals surface area contributed by atoms with Crippen LogP contribution in [0.3, 0.4) is 0 Å². The third kappa shape index (κ3) is 2.94. The van der Waals surface area contributed by atoms with Crippen molar-refractivity contribution in [1.82, 2.24) is 14.8 Å². The van der Waals surface area contributed by atoms with Gasteiger partial charge in [-0.1, -0.05) is 18.2 Å². The number of benzene rings is 1. The molecule has 3 aromatic rings. The first-order valence-electron chi connectivity index (χ1n) is 7.32. The van der Waals surface area contributed by atoms with Gasteiger partial charge in [0.25, 0.3) is 0 Å². The van der Waals surface area contributed by atoms with E-state index in [4.69, 9.17) is 9.52 Å². The molecule has 1 aromatic carbocycles. The van der Waals surface area contributed by atoms with Gasteiger partial charge in [0.05, 0.1) is 12.7 Å². The molecule has 5 nitrogen and oxygen atoms in total. The van der Waals surface area contributed by atoms with E-state index in [1.807, 2.05) is 49.0 Å². The predicted molar refractivity (Wildman–Crippen MR) is 83.5 cm³/mol. The maximum atomic E-state index is 8.95. The first-order valence-corrected chi connectivity index (χ1v) is 7.32. The molecule has 0 radical (unpaired) electrons. The Morgan fingerprint density at radius 3 is 2.82 bits per heavy atom. The molecule has 0 atom stereocenters. The summed E-state index contributed by atoms with van der Waals surface area (Å²) < 4.78 is 7.63. The molecule has 3 rings (SSSR count). The third-order valence-electron chi connectivity index (χ3n) is 3.67. The summed E-state index contributed by atoms with van der Waals surface area (Å²) in [6, 6.07) is 8.04. The SMILES string of the molecule is Cc1ccccc1-c1nc(Cn2cc(CCO)cn2)c(C)o1. The van der Waals surface area contributed by atoms with E-state index < -0.39 is 0 Å². The van der Waals surface area contributed by atoms with Crippen molar-refractivity contribution in [2.24, 2.45) is 0 Å². The zero-order valence-electron chi connectivity index (χ0n) is 12.8. The number of nitrogens with zero attached hydrogens (tertiary/aromatic N) is 3. The lowest BCUT2D eigenvalue weighted by Gasteiger charge is -1.99. The molecular weight excluding hydrogens is 278 g/mol. The van der Waals surface area contributed by atoms with Gasteiger partial charge in [-0.3, -0.25) is 4.68 Å². The molecular formula is C17H19N3O2. The molecule has 0 saturated carbocycles. The second-order valence-corrected chi connectivity index (χ2v) is 5.36. The van der Waals surface area contributed by atoms with Gasteiger partial charge >= 0.3 is 0 Å². The molecule has 0 amide bonds. The molecule has 0 bridgehead atoms. The number of aliphatic hydroxyl groups is 1. The number of hydrogen-bond acceptors (Lipinski definition) is 4. The van der Waals surface area contributed by atoms with E-state index in [-0.39, 0.29) is 6.61 Å². The Kier molecular flexibility index (Phi) is 4.06. The van der Waals surface area contributed by atoms with E-state index >= 15 is 0 Å². The fourth-order valence-corrected chi connectivity index (χ4v) is 2.41. The van der Waals surface area contributed by atoms with Gasteiger partial charge in [0, 0.05) is 18.4 Å². The van der Waals surface area contributed by atoms with Gasteiger partial charge in [-0.15, -0.1) is 0 Å². The Balaban J connectivity index is 1.84. The third-order valence-corrected chi connectivity index (χ3v) is 3.67. The first-order chi connectivity index (χ1) is 10.7. The zero-order chi connectivity index (χ0) is 15.5. The Bertz CT molecular complexity index is 774. The van der Waals surface area contributed by atoms with Crippen molar-refractivity contribution in [3.05, 3.63) is 59.2 Å². The van der Waals surface area contributed by atoms with E-state index in [2.05, 4.69) is 10.1 Å². The smallest absolute Gasteiger partial charge is 0.226 e. The van der Waals surface area contributed by atoms with E-state index in [9.17, 15) is 0 Å². The summed E-state index contributed by atoms with van der Waals surface area (Å²) in [7, 11) is 0. The average molecular weight is 297 g/mol. The van der Waals surface area contributed by atoms with Gasteiger partial charge < -0.3 is 9.52 Å². The number of hydrogen-bond donors (Lipinski definition) is 1. The minimum Gasteiger partial charge on any atom is -0.441 e. The fourth-order valence-electron chi connectivity index (χ4n) is 2.41. The minimum absolute atomic E-state index is 0.131. The molecule has 5 heteroatoms. The second kappa shape index (κ2) is 6.15. The van der Waals surface area contributed by atoms with Crippen molar-refractivity contribution in [2.45, 2.75) is 26.8 Å². The molecule has 0 aliphatic rings. The molecule has 0 unspecified atom stereocenters. The van der Waals surface area contributed by atoms with Crippen LogP contribution in [-0.4, -0.2) is 26.5 Å². The summed E-state index contributed by atoms with van der Waals surface area (Å²) in [5, 5.41) is 13.2. The summed E-state index contributed by atoms with van der Waals surface area (Å²) in [4.78, 5) is 4.61. The highest BCUT2D eigenvalue weighted by molar-refractivity contribution is 5.58. The van der Waals surface area contributed by atoms with Gasteiger partial charge in [-0.2, -0.15) is 5.10 Å². The Morgan fingerprint density at radius 2 is 2.05 bits per heavy atom. The highest BCUT2D eigenvalue weighted by Gasteiger charge is 2.13. The first kappa shape index (κ1) is 14.5. The molecule has 114 valence electrons. The van der Waals surface area contributed by atoms with Crippen molar-refractivity contribution < 1.29 is 9.52 Å². The minimum atomic E-state index is 0.131. The zero-order valence-corrected chi connectivity index (χ0v) is 12.8. The van der Waals surface area contributed by atoms with Crippen molar-refractivity contribution in [3.8, 4) is 11.5 Å². The van der Waals surface area contributed by atoms with E-state index in [0.717, 1.165) is 28.1 Å². The summed E-state index contributed by atoms with van der Waals surface area (Å²) in [6.07, 6.45) is 4.32. The largest absolute Gasteiger partial charge is 0.441 e. The Hall–Kier alpha value is -2.40. The highest BCUT2D eigenvalue weighted by Crippen LogP contribution is 2.25. The van der Waals surface area contributed by atoms with Crippen molar-refractivity contribution in [2.75, 3.05) is 6.61 Å². The normalized spacial score (nSPS) is 11.0. The molecule has 0 fully saturated rings. The van der Waals surface area contributed by atoms with Crippen LogP contribution in [0.25, 0.3) is 11.5 Å². The van der Waals surface area contributed by atoms with Gasteiger partial charge in [0.2, 0.25) is 5.89 Å². The van der Waals surface area contributed by atoms with Crippen molar-refractivity contribution in [3.63, 3.8) is 0 Å². The van der Waals surface area contributed by atoms with Crippen LogP contribution in [0.4, 0.5) is 0 Å². The number of aromatic nitrogens is 3. The molecule has 0 saturated heterocycles. The standard InChI is InChI=1S/C17H19N3O2/c1-12-5-3-4-6-15(12)17-19-16(13(2)22-17)11-20-10-14(7-8-21)9-18-20/h3-6,9-10,21H,7-8,11H2,1-2H3. The lowest BCUT2D eigenvalue weighted by Crippen LogP contribution is -2.01. The summed E-state index contributed by atoms with van der Waals surface area (Å²) in [5.41, 5.74) is 4.04. The maximum absolute atomic E-state index is 8.95. The van der Waals surface area contributed by atoms with Crippen LogP contribution in [0.5, 0.6) is 0 Å². The number of rotatable bonds is 5. The van der Waals surface area contributed by atoms with Gasteiger partial charge in [-0.25, -0.2) is 4.98 Å². The van der Waals surface area contributed by atoms with Crippen LogP contribution in [0.2, 0.25) is 0 Å². The van der Waals surface area contributed by atoms with E-state index in [1.165, 1.54) is 0 Å². The molecule has 1 N–H and O–H groups in total. The summed E-state index contributed by atoms with van der Waals surface area (Å²) >= 11 is 0. The maximum Gasteiger partial charge on any atom is 0.226 e. The molecule has 2 aromatic heterocycles. The molecule has 0 aliphatic heterocycles.